The maximum Gasteiger partial charge on any atom is 0.123 e. The van der Waals surface area contributed by atoms with Crippen molar-refractivity contribution in [2.24, 2.45) is 0 Å². The van der Waals surface area contributed by atoms with Gasteiger partial charge >= 0.3 is 0 Å². The van der Waals surface area contributed by atoms with Gasteiger partial charge in [-0.2, -0.15) is 0 Å². The summed E-state index contributed by atoms with van der Waals surface area (Å²) in [6.07, 6.45) is 0. The third-order valence-corrected chi connectivity index (χ3v) is 5.61. The van der Waals surface area contributed by atoms with Crippen molar-refractivity contribution >= 4 is 26.0 Å². The van der Waals surface area contributed by atoms with E-state index in [2.05, 4.69) is 28.1 Å². The van der Waals surface area contributed by atoms with Gasteiger partial charge in [0.2, 0.25) is 0 Å². The molecule has 0 aliphatic heterocycles. The summed E-state index contributed by atoms with van der Waals surface area (Å²) >= 11 is 3.72. The van der Waals surface area contributed by atoms with Crippen LogP contribution >= 0.6 is 15.9 Å². The van der Waals surface area contributed by atoms with E-state index in [1.807, 2.05) is 78.9 Å². The van der Waals surface area contributed by atoms with Gasteiger partial charge in [-0.05, 0) is 62.4 Å². The lowest BCUT2D eigenvalue weighted by atomic mass is 9.95. The first-order valence-corrected chi connectivity index (χ1v) is 10.5. The zero-order chi connectivity index (χ0) is 20.8. The molecule has 1 nitrogen and oxygen atoms in total. The topological polar surface area (TPSA) is 9.23 Å². The first-order valence-electron chi connectivity index (χ1n) is 9.69. The van der Waals surface area contributed by atoms with E-state index in [1.54, 1.807) is 6.07 Å². The number of hydrogen-bond donors (Lipinski definition) is 0. The Hall–Kier alpha value is -3.17. The van der Waals surface area contributed by atoms with Gasteiger partial charge in [0, 0.05) is 10.1 Å². The van der Waals surface area contributed by atoms with Gasteiger partial charge in [-0.15, -0.1) is 0 Å². The third-order valence-electron chi connectivity index (χ3n) is 4.75. The van der Waals surface area contributed by atoms with Gasteiger partial charge in [0.1, 0.15) is 18.2 Å². The highest BCUT2D eigenvalue weighted by molar-refractivity contribution is 9.15. The molecule has 0 fully saturated rings. The molecule has 0 atom stereocenters. The summed E-state index contributed by atoms with van der Waals surface area (Å²) in [7, 11) is 0. The predicted octanol–water partition coefficient (Wildman–Crippen LogP) is 7.72. The lowest BCUT2D eigenvalue weighted by Crippen LogP contribution is -1.96. The van der Waals surface area contributed by atoms with E-state index >= 15 is 0 Å². The van der Waals surface area contributed by atoms with Crippen LogP contribution in [0.1, 0.15) is 22.3 Å². The van der Waals surface area contributed by atoms with E-state index < -0.39 is 0 Å². The Labute approximate surface area is 184 Å². The zero-order valence-corrected chi connectivity index (χ0v) is 17.8. The van der Waals surface area contributed by atoms with Crippen molar-refractivity contribution in [2.75, 3.05) is 0 Å². The molecule has 4 aromatic carbocycles. The van der Waals surface area contributed by atoms with Crippen molar-refractivity contribution in [3.63, 3.8) is 0 Å². The Bertz CT molecular complexity index is 1140. The van der Waals surface area contributed by atoms with Crippen molar-refractivity contribution < 1.29 is 9.13 Å². The number of benzene rings is 4. The molecule has 0 heterocycles. The molecule has 0 spiro atoms. The number of halogens is 2. The SMILES string of the molecule is Fc1cccc(/C(Br)=C(\c2ccccc2)c2ccc(OCc3ccccc3)cc2)c1. The molecule has 0 N–H and O–H groups in total. The first kappa shape index (κ1) is 20.1. The molecule has 0 amide bonds. The fourth-order valence-electron chi connectivity index (χ4n) is 3.25. The highest BCUT2D eigenvalue weighted by Gasteiger charge is 2.13. The zero-order valence-electron chi connectivity index (χ0n) is 16.3. The summed E-state index contributed by atoms with van der Waals surface area (Å²) in [5.41, 5.74) is 4.98. The van der Waals surface area contributed by atoms with E-state index in [4.69, 9.17) is 4.74 Å². The Balaban J connectivity index is 1.67. The summed E-state index contributed by atoms with van der Waals surface area (Å²) < 4.78 is 20.6. The molecular formula is C27H20BrFO. The van der Waals surface area contributed by atoms with E-state index in [0.717, 1.165) is 38.1 Å². The first-order chi connectivity index (χ1) is 14.7. The average molecular weight is 459 g/mol. The summed E-state index contributed by atoms with van der Waals surface area (Å²) in [6.45, 7) is 0.522. The Morgan fingerprint density at radius 3 is 1.93 bits per heavy atom. The molecule has 0 aliphatic rings. The fourth-order valence-corrected chi connectivity index (χ4v) is 3.96. The minimum atomic E-state index is -0.262. The number of hydrogen-bond acceptors (Lipinski definition) is 1. The lowest BCUT2D eigenvalue weighted by Gasteiger charge is -2.14. The average Bonchev–Trinajstić information content (AvgIpc) is 2.80. The fraction of sp³-hybridized carbons (Fsp3) is 0.0370. The van der Waals surface area contributed by atoms with Gasteiger partial charge in [-0.3, -0.25) is 0 Å². The molecule has 3 heteroatoms. The van der Waals surface area contributed by atoms with Crippen LogP contribution in [0.5, 0.6) is 5.75 Å². The summed E-state index contributed by atoms with van der Waals surface area (Å²) in [5, 5.41) is 0. The quantitative estimate of drug-likeness (QED) is 0.268. The van der Waals surface area contributed by atoms with Crippen LogP contribution in [0.25, 0.3) is 10.1 Å². The lowest BCUT2D eigenvalue weighted by molar-refractivity contribution is 0.306. The van der Waals surface area contributed by atoms with Gasteiger partial charge in [0.25, 0.3) is 0 Å². The molecule has 0 aromatic heterocycles. The van der Waals surface area contributed by atoms with Crippen molar-refractivity contribution in [2.45, 2.75) is 6.61 Å². The van der Waals surface area contributed by atoms with Crippen LogP contribution in [0.4, 0.5) is 4.39 Å². The van der Waals surface area contributed by atoms with Crippen LogP contribution in [0.15, 0.2) is 109 Å². The minimum absolute atomic E-state index is 0.262. The van der Waals surface area contributed by atoms with Crippen molar-refractivity contribution in [1.82, 2.24) is 0 Å². The highest BCUT2D eigenvalue weighted by atomic mass is 79.9. The molecular weight excluding hydrogens is 439 g/mol. The van der Waals surface area contributed by atoms with Gasteiger partial charge in [0.15, 0.2) is 0 Å². The van der Waals surface area contributed by atoms with E-state index in [0.29, 0.717) is 6.61 Å². The molecule has 30 heavy (non-hydrogen) atoms. The standard InChI is InChI=1S/C27H20BrFO/c28-27(23-12-7-13-24(29)18-23)26(21-10-5-2-6-11-21)22-14-16-25(17-15-22)30-19-20-8-3-1-4-9-20/h1-18H,19H2/b27-26-. The molecule has 0 saturated heterocycles. The minimum Gasteiger partial charge on any atom is -0.489 e. The van der Waals surface area contributed by atoms with Crippen LogP contribution in [0, 0.1) is 5.82 Å². The molecule has 0 unspecified atom stereocenters. The molecule has 148 valence electrons. The molecule has 0 radical (unpaired) electrons. The number of rotatable bonds is 6. The summed E-state index contributed by atoms with van der Waals surface area (Å²) in [5.74, 6) is 0.540. The summed E-state index contributed by atoms with van der Waals surface area (Å²) in [4.78, 5) is 0. The third kappa shape index (κ3) is 4.87. The van der Waals surface area contributed by atoms with Crippen molar-refractivity contribution in [1.29, 1.82) is 0 Å². The maximum absolute atomic E-state index is 13.8. The van der Waals surface area contributed by atoms with E-state index in [9.17, 15) is 4.39 Å². The second kappa shape index (κ2) is 9.55. The normalized spacial score (nSPS) is 11.7. The van der Waals surface area contributed by atoms with Gasteiger partial charge in [-0.1, -0.05) is 84.9 Å². The summed E-state index contributed by atoms with van der Waals surface area (Å²) in [6, 6.07) is 34.8. The second-order valence-corrected chi connectivity index (χ2v) is 7.66. The van der Waals surface area contributed by atoms with Crippen molar-refractivity contribution in [3.8, 4) is 5.75 Å². The number of ether oxygens (including phenoxy) is 1. The molecule has 0 aliphatic carbocycles. The predicted molar refractivity (Wildman–Crippen MR) is 125 cm³/mol. The molecule has 0 bridgehead atoms. The highest BCUT2D eigenvalue weighted by Crippen LogP contribution is 2.36. The van der Waals surface area contributed by atoms with Crippen molar-refractivity contribution in [3.05, 3.63) is 137 Å². The Kier molecular flexibility index (Phi) is 6.41. The van der Waals surface area contributed by atoms with E-state index in [1.165, 1.54) is 12.1 Å². The van der Waals surface area contributed by atoms with E-state index in [-0.39, 0.29) is 5.82 Å². The Morgan fingerprint density at radius 2 is 1.27 bits per heavy atom. The second-order valence-electron chi connectivity index (χ2n) is 6.86. The smallest absolute Gasteiger partial charge is 0.123 e. The van der Waals surface area contributed by atoms with Crippen LogP contribution in [0.3, 0.4) is 0 Å². The van der Waals surface area contributed by atoms with Crippen LogP contribution < -0.4 is 4.74 Å². The van der Waals surface area contributed by atoms with Gasteiger partial charge in [-0.25, -0.2) is 4.39 Å². The Morgan fingerprint density at radius 1 is 0.667 bits per heavy atom. The van der Waals surface area contributed by atoms with Crippen LogP contribution in [0.2, 0.25) is 0 Å². The largest absolute Gasteiger partial charge is 0.489 e. The monoisotopic (exact) mass is 458 g/mol. The van der Waals surface area contributed by atoms with Crippen LogP contribution in [-0.2, 0) is 6.61 Å². The molecule has 4 aromatic rings. The molecule has 0 saturated carbocycles. The maximum atomic E-state index is 13.8. The van der Waals surface area contributed by atoms with Gasteiger partial charge < -0.3 is 4.74 Å². The molecule has 4 rings (SSSR count). The van der Waals surface area contributed by atoms with Crippen LogP contribution in [-0.4, -0.2) is 0 Å². The van der Waals surface area contributed by atoms with Gasteiger partial charge in [0.05, 0.1) is 0 Å².